The summed E-state index contributed by atoms with van der Waals surface area (Å²) in [7, 11) is 0. The standard InChI is InChI=1S/C29H29ClN4O/c1-3-10-21-17-22(15-16-23(21)31-2)25-24(18-30)32-28-26(19-11-6-4-7-12-19)27(33-34(28)29(25)35)20-13-8-5-9-14-20/h3,5,8-10,13-17,19,32H,2,4,6-7,11-12,18H2,1H3/b10-3-. The average Bonchev–Trinajstić information content (AvgIpc) is 3.29. The molecule has 0 spiro atoms. The van der Waals surface area contributed by atoms with Gasteiger partial charge in [0.05, 0.1) is 22.8 Å². The molecule has 5 nitrogen and oxygen atoms in total. The number of hydrogen-bond acceptors (Lipinski definition) is 3. The summed E-state index contributed by atoms with van der Waals surface area (Å²) < 4.78 is 1.55. The number of aliphatic imine (C=N–C) groups is 1. The zero-order chi connectivity index (χ0) is 24.4. The third-order valence-corrected chi connectivity index (χ3v) is 7.19. The molecular weight excluding hydrogens is 456 g/mol. The summed E-state index contributed by atoms with van der Waals surface area (Å²) in [5.74, 6) is 0.553. The molecule has 35 heavy (non-hydrogen) atoms. The van der Waals surface area contributed by atoms with Gasteiger partial charge in [-0.15, -0.1) is 11.6 Å². The van der Waals surface area contributed by atoms with Crippen LogP contribution in [0.15, 0.2) is 64.4 Å². The van der Waals surface area contributed by atoms with Crippen molar-refractivity contribution in [2.75, 3.05) is 0 Å². The summed E-state index contributed by atoms with van der Waals surface area (Å²) in [6, 6.07) is 15.9. The van der Waals surface area contributed by atoms with Gasteiger partial charge in [-0.2, -0.15) is 9.61 Å². The lowest BCUT2D eigenvalue weighted by Crippen LogP contribution is -2.20. The maximum atomic E-state index is 14.0. The molecule has 0 aliphatic heterocycles. The maximum absolute atomic E-state index is 14.0. The number of aromatic amines is 1. The fraction of sp³-hybridized carbons (Fsp3) is 0.276. The number of aromatic nitrogens is 3. The Morgan fingerprint density at radius 3 is 2.60 bits per heavy atom. The van der Waals surface area contributed by atoms with E-state index in [1.807, 2.05) is 55.5 Å². The van der Waals surface area contributed by atoms with E-state index >= 15 is 0 Å². The lowest BCUT2D eigenvalue weighted by atomic mass is 9.83. The number of benzene rings is 2. The molecule has 1 aliphatic carbocycles. The summed E-state index contributed by atoms with van der Waals surface area (Å²) >= 11 is 6.43. The van der Waals surface area contributed by atoms with Crippen molar-refractivity contribution in [3.05, 3.63) is 81.8 Å². The van der Waals surface area contributed by atoms with Crippen LogP contribution in [0.1, 0.15) is 61.8 Å². The molecule has 0 radical (unpaired) electrons. The second kappa shape index (κ2) is 10.0. The third-order valence-electron chi connectivity index (χ3n) is 6.93. The first kappa shape index (κ1) is 23.3. The van der Waals surface area contributed by atoms with Crippen LogP contribution < -0.4 is 5.56 Å². The Bertz CT molecular complexity index is 1460. The lowest BCUT2D eigenvalue weighted by Gasteiger charge is -2.22. The van der Waals surface area contributed by atoms with Crippen LogP contribution in [0.3, 0.4) is 0 Å². The Morgan fingerprint density at radius 1 is 1.14 bits per heavy atom. The molecule has 1 fully saturated rings. The molecule has 5 rings (SSSR count). The first-order chi connectivity index (χ1) is 17.2. The van der Waals surface area contributed by atoms with Crippen molar-refractivity contribution >= 4 is 35.7 Å². The molecule has 0 amide bonds. The number of rotatable bonds is 6. The second-order valence-electron chi connectivity index (χ2n) is 9.07. The van der Waals surface area contributed by atoms with E-state index in [9.17, 15) is 4.79 Å². The van der Waals surface area contributed by atoms with Crippen molar-refractivity contribution in [2.24, 2.45) is 4.99 Å². The minimum absolute atomic E-state index is 0.167. The van der Waals surface area contributed by atoms with Gasteiger partial charge in [-0.25, -0.2) is 0 Å². The van der Waals surface area contributed by atoms with Crippen molar-refractivity contribution in [1.82, 2.24) is 14.6 Å². The van der Waals surface area contributed by atoms with Crippen molar-refractivity contribution in [1.29, 1.82) is 0 Å². The topological polar surface area (TPSA) is 62.5 Å². The summed E-state index contributed by atoms with van der Waals surface area (Å²) in [5.41, 5.74) is 7.30. The van der Waals surface area contributed by atoms with E-state index in [0.29, 0.717) is 17.2 Å². The van der Waals surface area contributed by atoms with Gasteiger partial charge < -0.3 is 4.98 Å². The number of nitrogens with one attached hydrogen (secondary N) is 1. The van der Waals surface area contributed by atoms with Crippen LogP contribution in [0, 0.1) is 0 Å². The summed E-state index contributed by atoms with van der Waals surface area (Å²) in [4.78, 5) is 21.6. The predicted molar refractivity (Wildman–Crippen MR) is 146 cm³/mol. The molecule has 0 bridgehead atoms. The summed E-state index contributed by atoms with van der Waals surface area (Å²) in [6.07, 6.45) is 9.75. The molecule has 1 N–H and O–H groups in total. The Hall–Kier alpha value is -3.44. The first-order valence-electron chi connectivity index (χ1n) is 12.2. The van der Waals surface area contributed by atoms with Crippen molar-refractivity contribution in [3.63, 3.8) is 0 Å². The van der Waals surface area contributed by atoms with E-state index in [4.69, 9.17) is 16.7 Å². The minimum Gasteiger partial charge on any atom is -0.341 e. The Morgan fingerprint density at radius 2 is 1.91 bits per heavy atom. The van der Waals surface area contributed by atoms with Crippen molar-refractivity contribution in [3.8, 4) is 22.4 Å². The highest BCUT2D eigenvalue weighted by molar-refractivity contribution is 6.17. The highest BCUT2D eigenvalue weighted by Crippen LogP contribution is 2.40. The zero-order valence-corrected chi connectivity index (χ0v) is 20.7. The average molecular weight is 485 g/mol. The van der Waals surface area contributed by atoms with E-state index < -0.39 is 0 Å². The number of H-pyrrole nitrogens is 1. The van der Waals surface area contributed by atoms with Crippen LogP contribution in [-0.4, -0.2) is 21.3 Å². The monoisotopic (exact) mass is 484 g/mol. The smallest absolute Gasteiger partial charge is 0.282 e. The molecule has 0 atom stereocenters. The van der Waals surface area contributed by atoms with E-state index in [1.54, 1.807) is 4.52 Å². The van der Waals surface area contributed by atoms with Gasteiger partial charge in [-0.1, -0.05) is 67.8 Å². The van der Waals surface area contributed by atoms with Gasteiger partial charge in [-0.05, 0) is 50.1 Å². The lowest BCUT2D eigenvalue weighted by molar-refractivity contribution is 0.445. The van der Waals surface area contributed by atoms with Crippen molar-refractivity contribution < 1.29 is 0 Å². The number of allylic oxidation sites excluding steroid dienone is 1. The molecule has 2 heterocycles. The van der Waals surface area contributed by atoms with Crippen LogP contribution in [0.2, 0.25) is 0 Å². The van der Waals surface area contributed by atoms with Gasteiger partial charge in [0, 0.05) is 22.4 Å². The molecule has 0 unspecified atom stereocenters. The molecular formula is C29H29ClN4O. The predicted octanol–water partition coefficient (Wildman–Crippen LogP) is 7.51. The van der Waals surface area contributed by atoms with Gasteiger partial charge in [0.25, 0.3) is 5.56 Å². The Labute approximate surface area is 210 Å². The molecule has 178 valence electrons. The quantitative estimate of drug-likeness (QED) is 0.227. The number of nitrogens with zero attached hydrogens (tertiary/aromatic N) is 3. The van der Waals surface area contributed by atoms with Gasteiger partial charge >= 0.3 is 0 Å². The van der Waals surface area contributed by atoms with Gasteiger partial charge in [0.1, 0.15) is 5.65 Å². The molecule has 2 aromatic heterocycles. The minimum atomic E-state index is -0.167. The fourth-order valence-corrected chi connectivity index (χ4v) is 5.49. The van der Waals surface area contributed by atoms with Crippen LogP contribution in [0.5, 0.6) is 0 Å². The number of fused-ring (bicyclic) bond motifs is 1. The van der Waals surface area contributed by atoms with E-state index in [0.717, 1.165) is 52.1 Å². The van der Waals surface area contributed by atoms with Crippen LogP contribution >= 0.6 is 11.6 Å². The van der Waals surface area contributed by atoms with Crippen molar-refractivity contribution in [2.45, 2.75) is 50.8 Å². The van der Waals surface area contributed by atoms with Gasteiger partial charge in [0.15, 0.2) is 0 Å². The van der Waals surface area contributed by atoms with E-state index in [-0.39, 0.29) is 11.4 Å². The largest absolute Gasteiger partial charge is 0.341 e. The van der Waals surface area contributed by atoms with Gasteiger partial charge in [-0.3, -0.25) is 9.79 Å². The molecule has 1 aliphatic rings. The molecule has 4 aromatic rings. The number of halogens is 1. The second-order valence-corrected chi connectivity index (χ2v) is 9.34. The normalized spacial score (nSPS) is 14.7. The summed E-state index contributed by atoms with van der Waals surface area (Å²) in [5, 5.41) is 4.90. The zero-order valence-electron chi connectivity index (χ0n) is 19.9. The SMILES string of the molecule is C=Nc1ccc(-c2c(CCl)[nH]c3c(C4CCCCC4)c(-c4ccccc4)nn3c2=O)cc1/C=C\C. The Balaban J connectivity index is 1.79. The van der Waals surface area contributed by atoms with E-state index in [2.05, 4.69) is 28.8 Å². The third kappa shape index (κ3) is 4.25. The summed E-state index contributed by atoms with van der Waals surface area (Å²) in [6.45, 7) is 5.62. The first-order valence-corrected chi connectivity index (χ1v) is 12.7. The Kier molecular flexibility index (Phi) is 6.69. The number of hydrogen-bond donors (Lipinski definition) is 1. The van der Waals surface area contributed by atoms with E-state index in [1.165, 1.54) is 19.3 Å². The highest BCUT2D eigenvalue weighted by Gasteiger charge is 2.27. The molecule has 1 saturated carbocycles. The van der Waals surface area contributed by atoms with Crippen LogP contribution in [0.4, 0.5) is 5.69 Å². The fourth-order valence-electron chi connectivity index (χ4n) is 5.29. The van der Waals surface area contributed by atoms with Crippen LogP contribution in [-0.2, 0) is 5.88 Å². The molecule has 6 heteroatoms. The maximum Gasteiger partial charge on any atom is 0.282 e. The van der Waals surface area contributed by atoms with Gasteiger partial charge in [0.2, 0.25) is 0 Å². The molecule has 2 aromatic carbocycles. The number of alkyl halides is 1. The highest BCUT2D eigenvalue weighted by atomic mass is 35.5. The van der Waals surface area contributed by atoms with Crippen LogP contribution in [0.25, 0.3) is 34.1 Å². The molecule has 0 saturated heterocycles.